The maximum atomic E-state index is 12.7. The number of pyridine rings is 1. The Labute approximate surface area is 167 Å². The summed E-state index contributed by atoms with van der Waals surface area (Å²) >= 11 is 0. The van der Waals surface area contributed by atoms with E-state index in [2.05, 4.69) is 4.98 Å². The Morgan fingerprint density at radius 3 is 2.17 bits per heavy atom. The second-order valence-electron chi connectivity index (χ2n) is 7.12. The van der Waals surface area contributed by atoms with Crippen LogP contribution in [-0.4, -0.2) is 42.8 Å². The maximum absolute atomic E-state index is 12.7. The molecule has 8 heteroatoms. The standard InChI is InChI=1S/C21H22F3N3O2/c1-15-2-4-16(5-3-15)18(28)7-9-20(29)27-12-10-26(11-13-27)19-8-6-17(14-25-19)21(22,23)24/h2-6,8,14H,7,9-13H2,1H3/p+1. The molecule has 1 aliphatic heterocycles. The molecule has 0 spiro atoms. The fraction of sp³-hybridized carbons (Fsp3) is 0.381. The summed E-state index contributed by atoms with van der Waals surface area (Å²) in [7, 11) is 0. The Kier molecular flexibility index (Phi) is 6.20. The van der Waals surface area contributed by atoms with Crippen molar-refractivity contribution in [2.24, 2.45) is 0 Å². The van der Waals surface area contributed by atoms with Gasteiger partial charge < -0.3 is 4.90 Å². The number of H-pyrrole nitrogens is 1. The third kappa shape index (κ3) is 5.34. The van der Waals surface area contributed by atoms with Crippen LogP contribution in [0.3, 0.4) is 0 Å². The number of piperazine rings is 1. The van der Waals surface area contributed by atoms with Crippen LogP contribution >= 0.6 is 0 Å². The van der Waals surface area contributed by atoms with Crippen LogP contribution in [0.25, 0.3) is 0 Å². The number of alkyl halides is 3. The first-order valence-corrected chi connectivity index (χ1v) is 9.45. The van der Waals surface area contributed by atoms with Gasteiger partial charge in [0.05, 0.1) is 18.7 Å². The number of carbonyl (C=O) groups is 2. The molecule has 29 heavy (non-hydrogen) atoms. The minimum Gasteiger partial charge on any atom is -0.335 e. The van der Waals surface area contributed by atoms with Crippen molar-refractivity contribution in [3.05, 3.63) is 59.3 Å². The molecule has 0 atom stereocenters. The number of amides is 1. The van der Waals surface area contributed by atoms with E-state index in [1.807, 2.05) is 24.0 Å². The third-order valence-electron chi connectivity index (χ3n) is 5.04. The van der Waals surface area contributed by atoms with E-state index in [-0.39, 0.29) is 24.5 Å². The Morgan fingerprint density at radius 1 is 0.966 bits per heavy atom. The lowest BCUT2D eigenvalue weighted by molar-refractivity contribution is -0.367. The van der Waals surface area contributed by atoms with E-state index >= 15 is 0 Å². The van der Waals surface area contributed by atoms with E-state index in [1.165, 1.54) is 6.07 Å². The summed E-state index contributed by atoms with van der Waals surface area (Å²) in [6, 6.07) is 9.71. The normalized spacial score (nSPS) is 14.8. The van der Waals surface area contributed by atoms with Gasteiger partial charge in [-0.3, -0.25) is 14.5 Å². The highest BCUT2D eigenvalue weighted by Crippen LogP contribution is 2.28. The first-order chi connectivity index (χ1) is 13.7. The molecule has 154 valence electrons. The van der Waals surface area contributed by atoms with Crippen LogP contribution in [0.1, 0.15) is 34.3 Å². The van der Waals surface area contributed by atoms with Gasteiger partial charge in [0, 0.05) is 24.5 Å². The average molecular weight is 406 g/mol. The molecule has 2 aromatic rings. The number of ketones is 1. The van der Waals surface area contributed by atoms with E-state index in [0.717, 1.165) is 17.8 Å². The van der Waals surface area contributed by atoms with Crippen molar-refractivity contribution in [3.8, 4) is 0 Å². The van der Waals surface area contributed by atoms with Gasteiger partial charge in [-0.25, -0.2) is 4.98 Å². The Hall–Kier alpha value is -2.90. The van der Waals surface area contributed by atoms with Gasteiger partial charge in [-0.1, -0.05) is 29.8 Å². The lowest BCUT2D eigenvalue weighted by Crippen LogP contribution is -2.50. The lowest BCUT2D eigenvalue weighted by Gasteiger charge is -2.31. The van der Waals surface area contributed by atoms with E-state index in [1.54, 1.807) is 17.0 Å². The molecule has 5 nitrogen and oxygen atoms in total. The van der Waals surface area contributed by atoms with Crippen LogP contribution in [0.5, 0.6) is 0 Å². The topological polar surface area (TPSA) is 54.8 Å². The monoisotopic (exact) mass is 406 g/mol. The summed E-state index contributed by atoms with van der Waals surface area (Å²) < 4.78 is 38.0. The number of hydrogen-bond donors (Lipinski definition) is 0. The largest absolute Gasteiger partial charge is 0.419 e. The molecule has 1 aliphatic rings. The Balaban J connectivity index is 1.48. The van der Waals surface area contributed by atoms with Crippen LogP contribution < -0.4 is 9.88 Å². The third-order valence-corrected chi connectivity index (χ3v) is 5.04. The molecule has 1 aromatic heterocycles. The number of aromatic amines is 1. The number of Topliss-reactive ketones (excluding diaryl/α,β-unsaturated/α-hetero) is 1. The molecule has 3 rings (SSSR count). The van der Waals surface area contributed by atoms with Crippen LogP contribution in [0.2, 0.25) is 0 Å². The number of nitrogens with one attached hydrogen (secondary N) is 1. The predicted octanol–water partition coefficient (Wildman–Crippen LogP) is 3.14. The van der Waals surface area contributed by atoms with E-state index in [9.17, 15) is 22.8 Å². The van der Waals surface area contributed by atoms with Crippen LogP contribution in [0, 0.1) is 6.92 Å². The van der Waals surface area contributed by atoms with Gasteiger partial charge >= 0.3 is 6.18 Å². The zero-order chi connectivity index (χ0) is 21.0. The zero-order valence-corrected chi connectivity index (χ0v) is 16.1. The predicted molar refractivity (Wildman–Crippen MR) is 102 cm³/mol. The van der Waals surface area contributed by atoms with Crippen molar-refractivity contribution in [1.82, 2.24) is 4.90 Å². The van der Waals surface area contributed by atoms with Gasteiger partial charge in [-0.15, -0.1) is 0 Å². The van der Waals surface area contributed by atoms with Crippen molar-refractivity contribution in [2.45, 2.75) is 25.9 Å². The summed E-state index contributed by atoms with van der Waals surface area (Å²) in [4.78, 5) is 30.9. The number of anilines is 1. The van der Waals surface area contributed by atoms with E-state index in [0.29, 0.717) is 37.6 Å². The van der Waals surface area contributed by atoms with Crippen molar-refractivity contribution < 1.29 is 27.7 Å². The number of halogens is 3. The SMILES string of the molecule is Cc1ccc(C(=O)CCC(=O)N2CCN(c3ccc(C(F)(F)F)c[nH+]3)CC2)cc1. The summed E-state index contributed by atoms with van der Waals surface area (Å²) in [5.41, 5.74) is 0.945. The quantitative estimate of drug-likeness (QED) is 0.717. The van der Waals surface area contributed by atoms with Gasteiger partial charge in [0.2, 0.25) is 5.91 Å². The number of aromatic nitrogens is 1. The number of aryl methyl sites for hydroxylation is 1. The van der Waals surface area contributed by atoms with Crippen LogP contribution in [0.4, 0.5) is 19.0 Å². The highest BCUT2D eigenvalue weighted by atomic mass is 19.4. The molecule has 1 amide bonds. The summed E-state index contributed by atoms with van der Waals surface area (Å²) in [6.07, 6.45) is -3.12. The number of benzene rings is 1. The molecule has 2 heterocycles. The van der Waals surface area contributed by atoms with Crippen LogP contribution in [0.15, 0.2) is 42.6 Å². The minimum absolute atomic E-state index is 0.0589. The average Bonchev–Trinajstić information content (AvgIpc) is 2.72. The fourth-order valence-electron chi connectivity index (χ4n) is 3.25. The molecule has 0 bridgehead atoms. The molecule has 0 aliphatic carbocycles. The van der Waals surface area contributed by atoms with Crippen molar-refractivity contribution in [2.75, 3.05) is 31.1 Å². The fourth-order valence-corrected chi connectivity index (χ4v) is 3.25. The molecule has 1 aromatic carbocycles. The van der Waals surface area contributed by atoms with Gasteiger partial charge in [-0.2, -0.15) is 13.2 Å². The molecular weight excluding hydrogens is 383 g/mol. The lowest BCUT2D eigenvalue weighted by atomic mass is 10.0. The van der Waals surface area contributed by atoms with Gasteiger partial charge in [-0.05, 0) is 13.0 Å². The number of carbonyl (C=O) groups excluding carboxylic acids is 2. The van der Waals surface area contributed by atoms with Gasteiger partial charge in [0.25, 0.3) is 5.82 Å². The Bertz CT molecular complexity index is 856. The zero-order valence-electron chi connectivity index (χ0n) is 16.1. The summed E-state index contributed by atoms with van der Waals surface area (Å²) in [5, 5.41) is 0. The number of nitrogens with zero attached hydrogens (tertiary/aromatic N) is 2. The summed E-state index contributed by atoms with van der Waals surface area (Å²) in [6.45, 7) is 3.90. The molecule has 1 fully saturated rings. The second-order valence-corrected chi connectivity index (χ2v) is 7.12. The second kappa shape index (κ2) is 8.63. The highest BCUT2D eigenvalue weighted by molar-refractivity contribution is 5.98. The van der Waals surface area contributed by atoms with Gasteiger partial charge in [0.1, 0.15) is 19.3 Å². The molecule has 1 saturated heterocycles. The Morgan fingerprint density at radius 2 is 1.62 bits per heavy atom. The van der Waals surface area contributed by atoms with Crippen molar-refractivity contribution in [1.29, 1.82) is 0 Å². The molecule has 0 radical (unpaired) electrons. The van der Waals surface area contributed by atoms with Crippen molar-refractivity contribution >= 4 is 17.5 Å². The maximum Gasteiger partial charge on any atom is 0.419 e. The molecule has 0 saturated carbocycles. The highest BCUT2D eigenvalue weighted by Gasteiger charge is 2.33. The molecular formula is C21H23F3N3O2+. The molecule has 0 unspecified atom stereocenters. The first-order valence-electron chi connectivity index (χ1n) is 9.45. The van der Waals surface area contributed by atoms with E-state index < -0.39 is 11.7 Å². The van der Waals surface area contributed by atoms with Gasteiger partial charge in [0.15, 0.2) is 5.78 Å². The summed E-state index contributed by atoms with van der Waals surface area (Å²) in [5.74, 6) is 0.442. The number of rotatable bonds is 5. The number of hydrogen-bond acceptors (Lipinski definition) is 3. The minimum atomic E-state index is -4.38. The van der Waals surface area contributed by atoms with E-state index in [4.69, 9.17) is 0 Å². The molecule has 1 N–H and O–H groups in total. The smallest absolute Gasteiger partial charge is 0.335 e. The van der Waals surface area contributed by atoms with Crippen LogP contribution in [-0.2, 0) is 11.0 Å². The first kappa shape index (κ1) is 20.8. The van der Waals surface area contributed by atoms with Crippen molar-refractivity contribution in [3.63, 3.8) is 0 Å².